The Labute approximate surface area is 169 Å². The van der Waals surface area contributed by atoms with Gasteiger partial charge in [-0.1, -0.05) is 6.07 Å². The maximum Gasteiger partial charge on any atom is 0.433 e. The van der Waals surface area contributed by atoms with Crippen LogP contribution in [0.25, 0.3) is 0 Å². The summed E-state index contributed by atoms with van der Waals surface area (Å²) in [6.07, 6.45) is -3.51. The standard InChI is InChI=1S/C21H16F3N3O3/c1-13(28)26-15-5-7-18(8-6-15)30-20(29)14-3-2-4-16(11-14)27-17-9-10-25-19(12-17)21(22,23)24/h2-12H,1H3,(H,25,27)(H,26,28). The Kier molecular flexibility index (Phi) is 6.01. The van der Waals surface area contributed by atoms with Crippen LogP contribution in [0.3, 0.4) is 0 Å². The smallest absolute Gasteiger partial charge is 0.423 e. The first kappa shape index (κ1) is 20.8. The normalized spacial score (nSPS) is 10.9. The maximum atomic E-state index is 12.8. The SMILES string of the molecule is CC(=O)Nc1ccc(OC(=O)c2cccc(Nc3ccnc(C(F)(F)F)c3)c2)cc1. The van der Waals surface area contributed by atoms with Crippen LogP contribution >= 0.6 is 0 Å². The van der Waals surface area contributed by atoms with Crippen molar-refractivity contribution >= 4 is 28.9 Å². The molecule has 3 aromatic rings. The molecule has 2 N–H and O–H groups in total. The van der Waals surface area contributed by atoms with Gasteiger partial charge < -0.3 is 15.4 Å². The minimum absolute atomic E-state index is 0.177. The predicted molar refractivity (Wildman–Crippen MR) is 105 cm³/mol. The third kappa shape index (κ3) is 5.57. The van der Waals surface area contributed by atoms with Gasteiger partial charge in [-0.25, -0.2) is 4.79 Å². The van der Waals surface area contributed by atoms with Gasteiger partial charge in [0.2, 0.25) is 5.91 Å². The number of hydrogen-bond donors (Lipinski definition) is 2. The summed E-state index contributed by atoms with van der Waals surface area (Å²) in [6, 6.07) is 14.7. The molecule has 154 valence electrons. The van der Waals surface area contributed by atoms with E-state index in [1.807, 2.05) is 0 Å². The summed E-state index contributed by atoms with van der Waals surface area (Å²) in [5.74, 6) is -0.589. The number of hydrogen-bond acceptors (Lipinski definition) is 5. The van der Waals surface area contributed by atoms with E-state index in [0.717, 1.165) is 12.3 Å². The highest BCUT2D eigenvalue weighted by Crippen LogP contribution is 2.29. The van der Waals surface area contributed by atoms with Crippen LogP contribution in [0.4, 0.5) is 30.2 Å². The van der Waals surface area contributed by atoms with E-state index >= 15 is 0 Å². The molecule has 1 heterocycles. The Morgan fingerprint density at radius 2 is 1.63 bits per heavy atom. The van der Waals surface area contributed by atoms with Crippen molar-refractivity contribution in [3.8, 4) is 5.75 Å². The third-order valence-electron chi connectivity index (χ3n) is 3.82. The highest BCUT2D eigenvalue weighted by atomic mass is 19.4. The third-order valence-corrected chi connectivity index (χ3v) is 3.82. The van der Waals surface area contributed by atoms with Crippen LogP contribution in [-0.2, 0) is 11.0 Å². The number of carbonyl (C=O) groups is 2. The topological polar surface area (TPSA) is 80.3 Å². The fraction of sp³-hybridized carbons (Fsp3) is 0.0952. The monoisotopic (exact) mass is 415 g/mol. The Bertz CT molecular complexity index is 1070. The van der Waals surface area contributed by atoms with Gasteiger partial charge in [-0.3, -0.25) is 9.78 Å². The molecule has 9 heteroatoms. The van der Waals surface area contributed by atoms with E-state index in [2.05, 4.69) is 15.6 Å². The van der Waals surface area contributed by atoms with Crippen molar-refractivity contribution in [2.45, 2.75) is 13.1 Å². The van der Waals surface area contributed by atoms with Crippen LogP contribution in [-0.4, -0.2) is 16.9 Å². The number of anilines is 3. The zero-order valence-corrected chi connectivity index (χ0v) is 15.7. The van der Waals surface area contributed by atoms with Gasteiger partial charge in [0, 0.05) is 30.2 Å². The lowest BCUT2D eigenvalue weighted by Gasteiger charge is -2.11. The largest absolute Gasteiger partial charge is 0.433 e. The Morgan fingerprint density at radius 3 is 2.30 bits per heavy atom. The van der Waals surface area contributed by atoms with Crippen molar-refractivity contribution in [1.82, 2.24) is 4.98 Å². The average Bonchev–Trinajstić information content (AvgIpc) is 2.69. The lowest BCUT2D eigenvalue weighted by molar-refractivity contribution is -0.141. The van der Waals surface area contributed by atoms with Gasteiger partial charge in [0.05, 0.1) is 5.56 Å². The number of nitrogens with one attached hydrogen (secondary N) is 2. The molecular weight excluding hydrogens is 399 g/mol. The van der Waals surface area contributed by atoms with Crippen molar-refractivity contribution in [3.05, 3.63) is 78.1 Å². The number of ether oxygens (including phenoxy) is 1. The van der Waals surface area contributed by atoms with E-state index in [1.54, 1.807) is 24.3 Å². The maximum absolute atomic E-state index is 12.8. The van der Waals surface area contributed by atoms with E-state index in [-0.39, 0.29) is 22.9 Å². The lowest BCUT2D eigenvalue weighted by atomic mass is 10.2. The second-order valence-corrected chi connectivity index (χ2v) is 6.23. The van der Waals surface area contributed by atoms with Gasteiger partial charge >= 0.3 is 12.1 Å². The number of carbonyl (C=O) groups excluding carboxylic acids is 2. The van der Waals surface area contributed by atoms with Gasteiger partial charge in [0.25, 0.3) is 0 Å². The number of benzene rings is 2. The summed E-state index contributed by atoms with van der Waals surface area (Å²) in [4.78, 5) is 26.7. The lowest BCUT2D eigenvalue weighted by Crippen LogP contribution is -2.10. The zero-order chi connectivity index (χ0) is 21.7. The fourth-order valence-corrected chi connectivity index (χ4v) is 2.53. The fourth-order valence-electron chi connectivity index (χ4n) is 2.53. The van der Waals surface area contributed by atoms with Crippen molar-refractivity contribution in [1.29, 1.82) is 0 Å². The molecule has 0 aliphatic heterocycles. The zero-order valence-electron chi connectivity index (χ0n) is 15.7. The molecule has 2 aromatic carbocycles. The van der Waals surface area contributed by atoms with Gasteiger partial charge in [0.1, 0.15) is 11.4 Å². The molecule has 1 amide bonds. The minimum Gasteiger partial charge on any atom is -0.423 e. The van der Waals surface area contributed by atoms with Crippen LogP contribution in [0, 0.1) is 0 Å². The Morgan fingerprint density at radius 1 is 0.933 bits per heavy atom. The van der Waals surface area contributed by atoms with Crippen molar-refractivity contribution < 1.29 is 27.5 Å². The van der Waals surface area contributed by atoms with E-state index in [1.165, 1.54) is 37.3 Å². The number of rotatable bonds is 5. The second kappa shape index (κ2) is 8.64. The number of aromatic nitrogens is 1. The summed E-state index contributed by atoms with van der Waals surface area (Å²) in [7, 11) is 0. The molecule has 0 fully saturated rings. The molecule has 0 aliphatic rings. The summed E-state index contributed by atoms with van der Waals surface area (Å²) in [6.45, 7) is 1.38. The predicted octanol–water partition coefficient (Wildman–Crippen LogP) is 5.02. The van der Waals surface area contributed by atoms with E-state index in [0.29, 0.717) is 11.4 Å². The van der Waals surface area contributed by atoms with Crippen LogP contribution in [0.1, 0.15) is 23.0 Å². The highest BCUT2D eigenvalue weighted by molar-refractivity contribution is 5.92. The van der Waals surface area contributed by atoms with E-state index < -0.39 is 17.8 Å². The molecule has 0 aliphatic carbocycles. The van der Waals surface area contributed by atoms with Crippen molar-refractivity contribution in [2.75, 3.05) is 10.6 Å². The van der Waals surface area contributed by atoms with Gasteiger partial charge in [-0.05, 0) is 54.6 Å². The Hall–Kier alpha value is -3.88. The van der Waals surface area contributed by atoms with Crippen LogP contribution in [0.15, 0.2) is 66.9 Å². The quantitative estimate of drug-likeness (QED) is 0.452. The van der Waals surface area contributed by atoms with E-state index in [4.69, 9.17) is 4.74 Å². The number of pyridine rings is 1. The number of alkyl halides is 3. The van der Waals surface area contributed by atoms with Gasteiger partial charge in [-0.2, -0.15) is 13.2 Å². The van der Waals surface area contributed by atoms with Crippen LogP contribution < -0.4 is 15.4 Å². The Balaban J connectivity index is 1.70. The molecule has 0 bridgehead atoms. The first-order valence-corrected chi connectivity index (χ1v) is 8.71. The molecule has 0 unspecified atom stereocenters. The molecule has 1 aromatic heterocycles. The van der Waals surface area contributed by atoms with Crippen LogP contribution in [0.5, 0.6) is 5.75 Å². The number of halogens is 3. The number of esters is 1. The van der Waals surface area contributed by atoms with E-state index in [9.17, 15) is 22.8 Å². The van der Waals surface area contributed by atoms with Crippen molar-refractivity contribution in [2.24, 2.45) is 0 Å². The second-order valence-electron chi connectivity index (χ2n) is 6.23. The molecule has 0 saturated heterocycles. The van der Waals surface area contributed by atoms with Crippen molar-refractivity contribution in [3.63, 3.8) is 0 Å². The molecule has 0 spiro atoms. The molecule has 0 radical (unpaired) electrons. The molecule has 30 heavy (non-hydrogen) atoms. The van der Waals surface area contributed by atoms with Gasteiger partial charge in [0.15, 0.2) is 0 Å². The molecule has 6 nitrogen and oxygen atoms in total. The minimum atomic E-state index is -4.56. The first-order chi connectivity index (χ1) is 14.2. The first-order valence-electron chi connectivity index (χ1n) is 8.71. The number of amides is 1. The molecule has 0 saturated carbocycles. The summed E-state index contributed by atoms with van der Waals surface area (Å²) in [5, 5.41) is 5.41. The summed E-state index contributed by atoms with van der Waals surface area (Å²) < 4.78 is 43.7. The summed E-state index contributed by atoms with van der Waals surface area (Å²) >= 11 is 0. The van der Waals surface area contributed by atoms with Crippen LogP contribution in [0.2, 0.25) is 0 Å². The average molecular weight is 415 g/mol. The number of nitrogens with zero attached hydrogens (tertiary/aromatic N) is 1. The summed E-state index contributed by atoms with van der Waals surface area (Å²) in [5.41, 5.74) is 0.326. The molecule has 0 atom stereocenters. The molecular formula is C21H16F3N3O3. The highest BCUT2D eigenvalue weighted by Gasteiger charge is 2.32. The molecule has 3 rings (SSSR count). The van der Waals surface area contributed by atoms with Gasteiger partial charge in [-0.15, -0.1) is 0 Å².